The number of amides is 1. The number of hydrogen-bond donors (Lipinski definition) is 2. The smallest absolute Gasteiger partial charge is 0.365 e. The van der Waals surface area contributed by atoms with Crippen molar-refractivity contribution in [2.24, 2.45) is 0 Å². The summed E-state index contributed by atoms with van der Waals surface area (Å²) in [6, 6.07) is 15.4. The fraction of sp³-hybridized carbons (Fsp3) is 0.300. The average molecular weight is 339 g/mol. The first kappa shape index (κ1) is 17.2. The van der Waals surface area contributed by atoms with Crippen molar-refractivity contribution in [1.82, 2.24) is 0 Å². The first-order valence-corrected chi connectivity index (χ1v) is 8.42. The van der Waals surface area contributed by atoms with E-state index in [4.69, 9.17) is 4.74 Å². The number of esters is 1. The SMILES string of the molecule is COC(=O)[C@@H]1Cc2ccccc2C[NH+]1CC(=O)Nc1cccc(C)c1. The molecule has 0 saturated carbocycles. The van der Waals surface area contributed by atoms with Crippen LogP contribution in [0.15, 0.2) is 48.5 Å². The third-order valence-corrected chi connectivity index (χ3v) is 4.63. The van der Waals surface area contributed by atoms with Gasteiger partial charge in [0, 0.05) is 17.7 Å². The minimum absolute atomic E-state index is 0.103. The van der Waals surface area contributed by atoms with E-state index in [0.717, 1.165) is 21.7 Å². The Morgan fingerprint density at radius 3 is 2.64 bits per heavy atom. The molecule has 0 saturated heterocycles. The van der Waals surface area contributed by atoms with Gasteiger partial charge in [-0.25, -0.2) is 4.79 Å². The lowest BCUT2D eigenvalue weighted by atomic mass is 9.94. The number of rotatable bonds is 4. The number of aryl methyl sites for hydroxylation is 1. The predicted molar refractivity (Wildman–Crippen MR) is 95.3 cm³/mol. The zero-order chi connectivity index (χ0) is 17.8. The van der Waals surface area contributed by atoms with Gasteiger partial charge < -0.3 is 15.0 Å². The Bertz CT molecular complexity index is 788. The van der Waals surface area contributed by atoms with E-state index in [1.54, 1.807) is 0 Å². The van der Waals surface area contributed by atoms with Crippen molar-refractivity contribution in [1.29, 1.82) is 0 Å². The number of nitrogens with one attached hydrogen (secondary N) is 2. The molecular formula is C20H23N2O3+. The first-order chi connectivity index (χ1) is 12.1. The van der Waals surface area contributed by atoms with Crippen LogP contribution < -0.4 is 10.2 Å². The highest BCUT2D eigenvalue weighted by Gasteiger charge is 2.37. The molecule has 0 aliphatic carbocycles. The number of carbonyl (C=O) groups excluding carboxylic acids is 2. The van der Waals surface area contributed by atoms with Crippen LogP contribution >= 0.6 is 0 Å². The van der Waals surface area contributed by atoms with Crippen molar-refractivity contribution in [3.63, 3.8) is 0 Å². The Balaban J connectivity index is 1.74. The van der Waals surface area contributed by atoms with Crippen LogP contribution in [0.25, 0.3) is 0 Å². The van der Waals surface area contributed by atoms with Crippen molar-refractivity contribution < 1.29 is 19.2 Å². The van der Waals surface area contributed by atoms with Gasteiger partial charge in [0.15, 0.2) is 12.6 Å². The fourth-order valence-corrected chi connectivity index (χ4v) is 3.37. The second kappa shape index (κ2) is 7.49. The molecular weight excluding hydrogens is 316 g/mol. The summed E-state index contributed by atoms with van der Waals surface area (Å²) in [7, 11) is 1.40. The summed E-state index contributed by atoms with van der Waals surface area (Å²) < 4.78 is 4.96. The Morgan fingerprint density at radius 1 is 1.16 bits per heavy atom. The van der Waals surface area contributed by atoms with E-state index in [9.17, 15) is 9.59 Å². The second-order valence-corrected chi connectivity index (χ2v) is 6.48. The van der Waals surface area contributed by atoms with Crippen LogP contribution in [0.5, 0.6) is 0 Å². The Kier molecular flexibility index (Phi) is 5.14. The van der Waals surface area contributed by atoms with Crippen LogP contribution in [0.2, 0.25) is 0 Å². The van der Waals surface area contributed by atoms with Crippen molar-refractivity contribution in [2.75, 3.05) is 19.0 Å². The molecule has 130 valence electrons. The van der Waals surface area contributed by atoms with Crippen LogP contribution in [0.3, 0.4) is 0 Å². The van der Waals surface area contributed by atoms with Gasteiger partial charge in [0.1, 0.15) is 6.54 Å². The molecule has 2 aromatic rings. The van der Waals surface area contributed by atoms with Crippen molar-refractivity contribution in [2.45, 2.75) is 25.9 Å². The van der Waals surface area contributed by atoms with Gasteiger partial charge in [-0.05, 0) is 30.2 Å². The summed E-state index contributed by atoms with van der Waals surface area (Å²) >= 11 is 0. The molecule has 0 radical (unpaired) electrons. The predicted octanol–water partition coefficient (Wildman–Crippen LogP) is 1.12. The van der Waals surface area contributed by atoms with Gasteiger partial charge >= 0.3 is 5.97 Å². The number of benzene rings is 2. The molecule has 0 fully saturated rings. The number of ether oxygens (including phenoxy) is 1. The summed E-state index contributed by atoms with van der Waals surface area (Å²) in [5, 5.41) is 2.92. The third-order valence-electron chi connectivity index (χ3n) is 4.63. The van der Waals surface area contributed by atoms with Crippen LogP contribution in [0.1, 0.15) is 16.7 Å². The van der Waals surface area contributed by atoms with Gasteiger partial charge in [0.25, 0.3) is 5.91 Å². The molecule has 2 aromatic carbocycles. The quantitative estimate of drug-likeness (QED) is 0.821. The van der Waals surface area contributed by atoms with Crippen LogP contribution in [-0.4, -0.2) is 31.6 Å². The van der Waals surface area contributed by atoms with Crippen LogP contribution in [-0.2, 0) is 27.3 Å². The van der Waals surface area contributed by atoms with Gasteiger partial charge in [-0.15, -0.1) is 0 Å². The van der Waals surface area contributed by atoms with E-state index in [0.29, 0.717) is 13.0 Å². The molecule has 5 nitrogen and oxygen atoms in total. The van der Waals surface area contributed by atoms with E-state index in [-0.39, 0.29) is 24.5 Å². The Morgan fingerprint density at radius 2 is 1.92 bits per heavy atom. The van der Waals surface area contributed by atoms with Crippen LogP contribution in [0, 0.1) is 6.92 Å². The standard InChI is InChI=1S/C20H22N2O3/c1-14-6-5-9-17(10-14)21-19(23)13-22-12-16-8-4-3-7-15(16)11-18(22)20(24)25-2/h3-10,18H,11-13H2,1-2H3,(H,21,23)/p+1/t18-/m0/s1. The van der Waals surface area contributed by atoms with Gasteiger partial charge in [-0.1, -0.05) is 36.4 Å². The molecule has 1 aliphatic heterocycles. The number of quaternary nitrogens is 1. The first-order valence-electron chi connectivity index (χ1n) is 8.42. The Labute approximate surface area is 147 Å². The molecule has 1 aliphatic rings. The zero-order valence-electron chi connectivity index (χ0n) is 14.5. The lowest BCUT2D eigenvalue weighted by Gasteiger charge is -2.31. The van der Waals surface area contributed by atoms with E-state index >= 15 is 0 Å². The third kappa shape index (κ3) is 4.06. The minimum Gasteiger partial charge on any atom is -0.465 e. The highest BCUT2D eigenvalue weighted by atomic mass is 16.5. The van der Waals surface area contributed by atoms with Gasteiger partial charge in [0.05, 0.1) is 7.11 Å². The molecule has 1 unspecified atom stereocenters. The fourth-order valence-electron chi connectivity index (χ4n) is 3.37. The monoisotopic (exact) mass is 339 g/mol. The largest absolute Gasteiger partial charge is 0.465 e. The highest BCUT2D eigenvalue weighted by Crippen LogP contribution is 2.14. The van der Waals surface area contributed by atoms with E-state index in [1.165, 1.54) is 12.7 Å². The zero-order valence-corrected chi connectivity index (χ0v) is 14.5. The Hall–Kier alpha value is -2.66. The molecule has 25 heavy (non-hydrogen) atoms. The second-order valence-electron chi connectivity index (χ2n) is 6.48. The maximum atomic E-state index is 12.5. The van der Waals surface area contributed by atoms with Crippen LogP contribution in [0.4, 0.5) is 5.69 Å². The van der Waals surface area contributed by atoms with Gasteiger partial charge in [-0.2, -0.15) is 0 Å². The summed E-state index contributed by atoms with van der Waals surface area (Å²) in [5.74, 6) is -0.373. The van der Waals surface area contributed by atoms with E-state index in [1.807, 2.05) is 49.4 Å². The number of hydrogen-bond acceptors (Lipinski definition) is 3. The maximum Gasteiger partial charge on any atom is 0.365 e. The summed E-state index contributed by atoms with van der Waals surface area (Å²) in [5.41, 5.74) is 4.20. The number of methoxy groups -OCH3 is 1. The lowest BCUT2D eigenvalue weighted by Crippen LogP contribution is -3.17. The molecule has 5 heteroatoms. The maximum absolute atomic E-state index is 12.5. The van der Waals surface area contributed by atoms with Crippen molar-refractivity contribution in [3.8, 4) is 0 Å². The van der Waals surface area contributed by atoms with Crippen molar-refractivity contribution >= 4 is 17.6 Å². The molecule has 1 amide bonds. The number of fused-ring (bicyclic) bond motifs is 1. The summed E-state index contributed by atoms with van der Waals surface area (Å²) in [6.07, 6.45) is 0.593. The van der Waals surface area contributed by atoms with E-state index < -0.39 is 0 Å². The molecule has 2 N–H and O–H groups in total. The average Bonchev–Trinajstić information content (AvgIpc) is 2.60. The molecule has 2 atom stereocenters. The normalized spacial score (nSPS) is 19.0. The summed E-state index contributed by atoms with van der Waals surface area (Å²) in [6.45, 7) is 2.84. The molecule has 3 rings (SSSR count). The number of anilines is 1. The topological polar surface area (TPSA) is 59.8 Å². The van der Waals surface area contributed by atoms with Gasteiger partial charge in [-0.3, -0.25) is 4.79 Å². The molecule has 0 bridgehead atoms. The van der Waals surface area contributed by atoms with E-state index in [2.05, 4.69) is 11.4 Å². The molecule has 1 heterocycles. The lowest BCUT2D eigenvalue weighted by molar-refractivity contribution is -0.924. The number of carbonyl (C=O) groups is 2. The molecule has 0 aromatic heterocycles. The minimum atomic E-state index is -0.358. The molecule has 0 spiro atoms. The highest BCUT2D eigenvalue weighted by molar-refractivity contribution is 5.91. The van der Waals surface area contributed by atoms with Gasteiger partial charge in [0.2, 0.25) is 0 Å². The van der Waals surface area contributed by atoms with Crippen molar-refractivity contribution in [3.05, 3.63) is 65.2 Å². The summed E-state index contributed by atoms with van der Waals surface area (Å²) in [4.78, 5) is 25.6.